The molecule has 1 heterocycles. The molecule has 36 heavy (non-hydrogen) atoms. The minimum Gasteiger partial charge on any atom is -0.480 e. The smallest absolute Gasteiger partial charge is 0.326 e. The molecule has 196 valence electrons. The number of carbonyl (C=O) groups excluding carboxylic acids is 4. The van der Waals surface area contributed by atoms with E-state index in [1.807, 2.05) is 38.1 Å². The molecule has 0 saturated carbocycles. The SMILES string of the molecule is CC(C)CC(NC(=O)C(C)NC(=O)C(N)CC(N)=O)C(=O)NC(Cc1c[nH]c2ccccc12)C(=O)O. The molecular formula is C24H34N6O6. The first kappa shape index (κ1) is 28.3. The van der Waals surface area contributed by atoms with Gasteiger partial charge in [-0.1, -0.05) is 32.0 Å². The number of aromatic amines is 1. The largest absolute Gasteiger partial charge is 0.480 e. The Bertz CT molecular complexity index is 1110. The maximum atomic E-state index is 13.0. The molecule has 0 aliphatic heterocycles. The maximum absolute atomic E-state index is 13.0. The molecule has 0 aliphatic carbocycles. The number of carbonyl (C=O) groups is 5. The van der Waals surface area contributed by atoms with Crippen LogP contribution in [0.3, 0.4) is 0 Å². The number of hydrogen-bond acceptors (Lipinski definition) is 6. The van der Waals surface area contributed by atoms with E-state index in [1.54, 1.807) is 6.20 Å². The van der Waals surface area contributed by atoms with Crippen molar-refractivity contribution in [2.75, 3.05) is 0 Å². The molecule has 12 nitrogen and oxygen atoms in total. The number of benzene rings is 1. The van der Waals surface area contributed by atoms with E-state index in [9.17, 15) is 29.1 Å². The second-order valence-corrected chi connectivity index (χ2v) is 9.16. The minimum absolute atomic E-state index is 0.00756. The van der Waals surface area contributed by atoms with Crippen LogP contribution in [0.4, 0.5) is 0 Å². The fourth-order valence-electron chi connectivity index (χ4n) is 3.69. The zero-order valence-corrected chi connectivity index (χ0v) is 20.5. The van der Waals surface area contributed by atoms with E-state index in [0.29, 0.717) is 0 Å². The fraction of sp³-hybridized carbons (Fsp3) is 0.458. The van der Waals surface area contributed by atoms with Crippen LogP contribution in [0.5, 0.6) is 0 Å². The lowest BCUT2D eigenvalue weighted by Crippen LogP contribution is -2.57. The van der Waals surface area contributed by atoms with Crippen molar-refractivity contribution in [2.24, 2.45) is 17.4 Å². The Kier molecular flexibility index (Phi) is 9.97. The molecule has 4 unspecified atom stereocenters. The van der Waals surface area contributed by atoms with Crippen LogP contribution in [0.1, 0.15) is 39.2 Å². The maximum Gasteiger partial charge on any atom is 0.326 e. The molecule has 0 fully saturated rings. The standard InChI is InChI=1S/C24H34N6O6/c1-12(2)8-18(29-21(32)13(3)28-22(33)16(25)10-20(26)31)23(34)30-19(24(35)36)9-14-11-27-17-7-5-4-6-15(14)17/h4-7,11-13,16,18-19,27H,8-10,25H2,1-3H3,(H2,26,31)(H,28,33)(H,29,32)(H,30,34)(H,35,36). The molecular weight excluding hydrogens is 468 g/mol. The number of amides is 4. The summed E-state index contributed by atoms with van der Waals surface area (Å²) in [5, 5.41) is 18.1. The summed E-state index contributed by atoms with van der Waals surface area (Å²) in [6.07, 6.45) is 1.59. The summed E-state index contributed by atoms with van der Waals surface area (Å²) < 4.78 is 0. The molecule has 0 saturated heterocycles. The summed E-state index contributed by atoms with van der Waals surface area (Å²) in [5.74, 6) is -4.05. The van der Waals surface area contributed by atoms with Crippen molar-refractivity contribution in [3.05, 3.63) is 36.0 Å². The van der Waals surface area contributed by atoms with Crippen LogP contribution in [0, 0.1) is 5.92 Å². The molecule has 0 aliphatic rings. The zero-order valence-electron chi connectivity index (χ0n) is 20.5. The first-order chi connectivity index (χ1) is 16.9. The zero-order chi connectivity index (χ0) is 27.0. The molecule has 1 aromatic heterocycles. The number of carboxylic acid groups (broad SMARTS) is 1. The molecule has 2 rings (SSSR count). The Hall–Kier alpha value is -3.93. The Balaban J connectivity index is 2.08. The third-order valence-corrected chi connectivity index (χ3v) is 5.56. The quantitative estimate of drug-likeness (QED) is 0.191. The van der Waals surface area contributed by atoms with Crippen molar-refractivity contribution in [1.29, 1.82) is 0 Å². The average molecular weight is 503 g/mol. The van der Waals surface area contributed by atoms with Gasteiger partial charge in [0.25, 0.3) is 0 Å². The lowest BCUT2D eigenvalue weighted by molar-refractivity contribution is -0.142. The highest BCUT2D eigenvalue weighted by atomic mass is 16.4. The highest BCUT2D eigenvalue weighted by molar-refractivity contribution is 5.95. The van der Waals surface area contributed by atoms with Crippen LogP contribution in [0.15, 0.2) is 30.5 Å². The van der Waals surface area contributed by atoms with Crippen LogP contribution in [0.2, 0.25) is 0 Å². The Morgan fingerprint density at radius 1 is 0.944 bits per heavy atom. The third kappa shape index (κ3) is 8.08. The number of hydrogen-bond donors (Lipinski definition) is 7. The minimum atomic E-state index is -1.23. The molecule has 9 N–H and O–H groups in total. The van der Waals surface area contributed by atoms with Crippen molar-refractivity contribution >= 4 is 40.5 Å². The van der Waals surface area contributed by atoms with Crippen molar-refractivity contribution < 1.29 is 29.1 Å². The van der Waals surface area contributed by atoms with E-state index in [4.69, 9.17) is 11.5 Å². The van der Waals surface area contributed by atoms with E-state index in [0.717, 1.165) is 16.5 Å². The van der Waals surface area contributed by atoms with Crippen LogP contribution in [0.25, 0.3) is 10.9 Å². The monoisotopic (exact) mass is 502 g/mol. The molecule has 12 heteroatoms. The van der Waals surface area contributed by atoms with E-state index in [2.05, 4.69) is 20.9 Å². The van der Waals surface area contributed by atoms with E-state index in [1.165, 1.54) is 6.92 Å². The van der Waals surface area contributed by atoms with Gasteiger partial charge >= 0.3 is 5.97 Å². The predicted octanol–water partition coefficient (Wildman–Crippen LogP) is -0.482. The van der Waals surface area contributed by atoms with Gasteiger partial charge in [0, 0.05) is 23.5 Å². The fourth-order valence-corrected chi connectivity index (χ4v) is 3.69. The number of para-hydroxylation sites is 1. The molecule has 0 spiro atoms. The number of aromatic nitrogens is 1. The Morgan fingerprint density at radius 3 is 2.19 bits per heavy atom. The van der Waals surface area contributed by atoms with Gasteiger partial charge in [-0.25, -0.2) is 4.79 Å². The number of primary amides is 1. The normalized spacial score (nSPS) is 14.5. The molecule has 4 atom stereocenters. The summed E-state index contributed by atoms with van der Waals surface area (Å²) in [6, 6.07) is 2.86. The van der Waals surface area contributed by atoms with Gasteiger partial charge < -0.3 is 37.5 Å². The highest BCUT2D eigenvalue weighted by Gasteiger charge is 2.30. The molecule has 2 aromatic rings. The lowest BCUT2D eigenvalue weighted by Gasteiger charge is -2.24. The number of aliphatic carboxylic acids is 1. The number of carboxylic acids is 1. The number of fused-ring (bicyclic) bond motifs is 1. The van der Waals surface area contributed by atoms with Crippen molar-refractivity contribution in [3.8, 4) is 0 Å². The first-order valence-corrected chi connectivity index (χ1v) is 11.6. The van der Waals surface area contributed by atoms with Crippen molar-refractivity contribution in [3.63, 3.8) is 0 Å². The van der Waals surface area contributed by atoms with Crippen LogP contribution < -0.4 is 27.4 Å². The third-order valence-electron chi connectivity index (χ3n) is 5.56. The summed E-state index contributed by atoms with van der Waals surface area (Å²) in [6.45, 7) is 5.09. The van der Waals surface area contributed by atoms with Gasteiger partial charge in [-0.3, -0.25) is 19.2 Å². The Labute approximate surface area is 208 Å². The molecule has 0 bridgehead atoms. The van der Waals surface area contributed by atoms with Crippen molar-refractivity contribution in [1.82, 2.24) is 20.9 Å². The number of rotatable bonds is 13. The van der Waals surface area contributed by atoms with Crippen LogP contribution >= 0.6 is 0 Å². The predicted molar refractivity (Wildman–Crippen MR) is 132 cm³/mol. The number of H-pyrrole nitrogens is 1. The van der Waals surface area contributed by atoms with Gasteiger partial charge in [-0.15, -0.1) is 0 Å². The number of nitrogens with two attached hydrogens (primary N) is 2. The second kappa shape index (κ2) is 12.7. The van der Waals surface area contributed by atoms with Crippen LogP contribution in [-0.2, 0) is 30.4 Å². The summed E-state index contributed by atoms with van der Waals surface area (Å²) in [5.41, 5.74) is 12.2. The van der Waals surface area contributed by atoms with Crippen molar-refractivity contribution in [2.45, 2.75) is 64.2 Å². The summed E-state index contributed by atoms with van der Waals surface area (Å²) in [7, 11) is 0. The van der Waals surface area contributed by atoms with E-state index >= 15 is 0 Å². The van der Waals surface area contributed by atoms with Gasteiger partial charge in [-0.2, -0.15) is 0 Å². The highest BCUT2D eigenvalue weighted by Crippen LogP contribution is 2.19. The van der Waals surface area contributed by atoms with Gasteiger partial charge in [-0.05, 0) is 30.9 Å². The summed E-state index contributed by atoms with van der Waals surface area (Å²) >= 11 is 0. The Morgan fingerprint density at radius 2 is 1.58 bits per heavy atom. The van der Waals surface area contributed by atoms with Gasteiger partial charge in [0.2, 0.25) is 23.6 Å². The second-order valence-electron chi connectivity index (χ2n) is 9.16. The van der Waals surface area contributed by atoms with E-state index < -0.39 is 53.8 Å². The lowest BCUT2D eigenvalue weighted by atomic mass is 10.0. The first-order valence-electron chi connectivity index (χ1n) is 11.6. The molecule has 1 aromatic carbocycles. The van der Waals surface area contributed by atoms with E-state index in [-0.39, 0.29) is 25.2 Å². The molecule has 0 radical (unpaired) electrons. The molecule has 4 amide bonds. The van der Waals surface area contributed by atoms with Crippen LogP contribution in [-0.4, -0.2) is 63.9 Å². The van der Waals surface area contributed by atoms with Gasteiger partial charge in [0.15, 0.2) is 0 Å². The summed E-state index contributed by atoms with van der Waals surface area (Å²) in [4.78, 5) is 63.8. The average Bonchev–Trinajstić information content (AvgIpc) is 3.19. The van der Waals surface area contributed by atoms with Gasteiger partial charge in [0.05, 0.1) is 12.5 Å². The van der Waals surface area contributed by atoms with Gasteiger partial charge in [0.1, 0.15) is 18.1 Å². The number of nitrogens with one attached hydrogen (secondary N) is 4. The topological polar surface area (TPSA) is 209 Å².